The molecule has 0 aromatic carbocycles. The van der Waals surface area contributed by atoms with Gasteiger partial charge in [-0.2, -0.15) is 0 Å². The zero-order chi connectivity index (χ0) is 8.00. The second kappa shape index (κ2) is 576. The molecule has 7 heteroatoms. The molecule has 0 aliphatic rings. The van der Waals surface area contributed by atoms with Gasteiger partial charge >= 0.3 is 121 Å². The molecule has 0 fully saturated rings. The summed E-state index contributed by atoms with van der Waals surface area (Å²) in [6.07, 6.45) is 0. The molecule has 0 saturated carbocycles. The quantitative estimate of drug-likeness (QED) is 0.218. The van der Waals surface area contributed by atoms with Crippen molar-refractivity contribution in [2.24, 2.45) is 0 Å². The predicted molar refractivity (Wildman–Crippen MR) is 15.7 cm³/mol. The summed E-state index contributed by atoms with van der Waals surface area (Å²) < 4.78 is 30.0. The summed E-state index contributed by atoms with van der Waals surface area (Å²) in [6, 6.07) is 0. The van der Waals surface area contributed by atoms with Gasteiger partial charge in [-0.1, -0.05) is 0 Å². The first-order valence-corrected chi connectivity index (χ1v) is 0.816. The van der Waals surface area contributed by atoms with Gasteiger partial charge in [0.15, 0.2) is 0 Å². The minimum Gasteiger partial charge on any atom is 1.00 e. The minimum absolute atomic E-state index is 0. The largest absolute Gasteiger partial charge is 2.00 e. The van der Waals surface area contributed by atoms with Gasteiger partial charge in [-0.15, -0.1) is 0 Å². The van der Waals surface area contributed by atoms with E-state index < -0.39 is 0 Å². The van der Waals surface area contributed by atoms with Gasteiger partial charge in [0.25, 0.3) is 0 Å². The Bertz CT molecular complexity index is 63.1. The molecule has 0 N–H and O–H groups in total. The minimum atomic E-state index is 0. The van der Waals surface area contributed by atoms with Crippen molar-refractivity contribution in [1.82, 2.24) is 0 Å². The van der Waals surface area contributed by atoms with Crippen LogP contribution in [0.4, 0.5) is 0 Å². The van der Waals surface area contributed by atoms with Gasteiger partial charge in [0.2, 0.25) is 0 Å². The third-order valence-electron chi connectivity index (χ3n) is 0. The molecule has 0 rings (SSSR count). The summed E-state index contributed by atoms with van der Waals surface area (Å²) in [5, 5.41) is 0. The summed E-state index contributed by atoms with van der Waals surface area (Å²) in [5.41, 5.74) is 0. The maximum atomic E-state index is 7.50. The van der Waals surface area contributed by atoms with Crippen LogP contribution in [0.15, 0.2) is 0 Å². The Hall–Kier alpha value is 1.48. The third-order valence-corrected chi connectivity index (χ3v) is 0. The van der Waals surface area contributed by atoms with Crippen LogP contribution in [0.3, 0.4) is 0 Å². The smallest absolute Gasteiger partial charge is 1.00 e. The second-order valence-corrected chi connectivity index (χ2v) is 0. The summed E-state index contributed by atoms with van der Waals surface area (Å²) in [5.74, 6) is 0. The molecule has 11 heavy (non-hydrogen) atoms. The Morgan fingerprint density at radius 3 is 0.455 bits per heavy atom. The van der Waals surface area contributed by atoms with E-state index in [1.54, 1.807) is 0 Å². The van der Waals surface area contributed by atoms with Crippen molar-refractivity contribution < 1.29 is 94.8 Å². The van der Waals surface area contributed by atoms with Crippen molar-refractivity contribution >= 4 is 0 Å². The fourth-order valence-corrected chi connectivity index (χ4v) is 0. The van der Waals surface area contributed by atoms with E-state index in [0.717, 1.165) is 0 Å². The van der Waals surface area contributed by atoms with Crippen molar-refractivity contribution in [1.29, 1.82) is 0 Å². The summed E-state index contributed by atoms with van der Waals surface area (Å²) in [6.45, 7) is 18.0. The van der Waals surface area contributed by atoms with Crippen molar-refractivity contribution in [3.05, 3.63) is 26.6 Å². The molecule has 0 saturated heterocycles. The van der Waals surface area contributed by atoms with E-state index in [4.69, 9.17) is 18.6 Å². The van der Waals surface area contributed by atoms with E-state index in [-0.39, 0.29) is 76.2 Å². The van der Waals surface area contributed by atoms with Crippen LogP contribution in [0, 0.1) is 26.6 Å². The summed E-state index contributed by atoms with van der Waals surface area (Å²) in [4.78, 5) is 0. The number of rotatable bonds is 0. The molecule has 0 spiro atoms. The molecule has 0 aromatic heterocycles. The van der Waals surface area contributed by atoms with Crippen LogP contribution in [-0.4, -0.2) is 0 Å². The van der Waals surface area contributed by atoms with Crippen molar-refractivity contribution in [2.45, 2.75) is 0 Å². The molecule has 46 valence electrons. The monoisotopic (exact) mass is 214 g/mol. The van der Waals surface area contributed by atoms with Crippen molar-refractivity contribution in [3.63, 3.8) is 0 Å². The SMILES string of the molecule is [C-]#[O+].[C-]#[O+].[C-]#[O+].[C-]#[O+].[Fe+2].[Na+].[Na+]. The molecule has 0 amide bonds. The van der Waals surface area contributed by atoms with Gasteiger partial charge in [0, 0.05) is 0 Å². The molecule has 0 radical (unpaired) electrons. The molecule has 0 aliphatic carbocycles. The van der Waals surface area contributed by atoms with Gasteiger partial charge in [-0.3, -0.25) is 0 Å². The van der Waals surface area contributed by atoms with Crippen LogP contribution in [0.25, 0.3) is 0 Å². The second-order valence-electron chi connectivity index (χ2n) is 0. The first-order valence-electron chi connectivity index (χ1n) is 0.816. The van der Waals surface area contributed by atoms with Gasteiger partial charge in [0.1, 0.15) is 0 Å². The van der Waals surface area contributed by atoms with E-state index >= 15 is 0 Å². The average molecular weight is 214 g/mol. The molecular formula is C4FeNa2O4+4. The molecule has 4 nitrogen and oxygen atoms in total. The molecule has 0 aliphatic heterocycles. The maximum absolute atomic E-state index is 7.50. The first-order chi connectivity index (χ1) is 4.00. The van der Waals surface area contributed by atoms with Gasteiger partial charge in [0.05, 0.1) is 0 Å². The average Bonchev–Trinajstić information content (AvgIpc) is 2.03. The molecule has 0 unspecified atom stereocenters. The fraction of sp³-hybridized carbons (Fsp3) is 0. The summed E-state index contributed by atoms with van der Waals surface area (Å²) >= 11 is 0. The van der Waals surface area contributed by atoms with Crippen LogP contribution >= 0.6 is 0 Å². The Morgan fingerprint density at radius 2 is 0.455 bits per heavy atom. The Labute approximate surface area is 120 Å². The molecule has 0 bridgehead atoms. The molecular weight excluding hydrogens is 214 g/mol. The predicted octanol–water partition coefficient (Wildman–Crippen LogP) is -6.14. The van der Waals surface area contributed by atoms with Crippen LogP contribution in [-0.2, 0) is 35.7 Å². The van der Waals surface area contributed by atoms with Crippen molar-refractivity contribution in [2.75, 3.05) is 0 Å². The van der Waals surface area contributed by atoms with E-state index in [1.165, 1.54) is 0 Å². The van der Waals surface area contributed by atoms with Crippen LogP contribution in [0.1, 0.15) is 0 Å². The number of hydrogen-bond acceptors (Lipinski definition) is 0. The Morgan fingerprint density at radius 1 is 0.455 bits per heavy atom. The van der Waals surface area contributed by atoms with Gasteiger partial charge < -0.3 is 0 Å². The molecule has 0 atom stereocenters. The van der Waals surface area contributed by atoms with Gasteiger partial charge in [-0.05, 0) is 0 Å². The normalized spacial score (nSPS) is 0.727. The fourth-order valence-electron chi connectivity index (χ4n) is 0. The van der Waals surface area contributed by atoms with Gasteiger partial charge in [-0.25, -0.2) is 0 Å². The van der Waals surface area contributed by atoms with E-state index in [0.29, 0.717) is 0 Å². The maximum Gasteiger partial charge on any atom is 2.00 e. The third kappa shape index (κ3) is 471. The van der Waals surface area contributed by atoms with Crippen LogP contribution in [0.2, 0.25) is 0 Å². The Kier molecular flexibility index (Phi) is 2870. The first kappa shape index (κ1) is 54.8. The van der Waals surface area contributed by atoms with E-state index in [1.807, 2.05) is 0 Å². The number of hydrogen-bond donors (Lipinski definition) is 0. The molecule has 0 aromatic rings. The van der Waals surface area contributed by atoms with Crippen LogP contribution in [0.5, 0.6) is 0 Å². The zero-order valence-electron chi connectivity index (χ0n) is 5.99. The summed E-state index contributed by atoms with van der Waals surface area (Å²) in [7, 11) is 0. The van der Waals surface area contributed by atoms with Crippen LogP contribution < -0.4 is 59.1 Å². The van der Waals surface area contributed by atoms with E-state index in [2.05, 4.69) is 26.6 Å². The van der Waals surface area contributed by atoms with E-state index in [9.17, 15) is 0 Å². The zero-order valence-corrected chi connectivity index (χ0v) is 11.1. The Balaban J connectivity index is -0.00000000356. The topological polar surface area (TPSA) is 79.6 Å². The molecule has 0 heterocycles. The standard InChI is InChI=1S/4CO.Fe.2Na/c4*1-2;;;/q;;;;+2;2*+1. The van der Waals surface area contributed by atoms with Crippen molar-refractivity contribution in [3.8, 4) is 0 Å².